The van der Waals surface area contributed by atoms with Gasteiger partial charge in [0.05, 0.1) is 0 Å². The number of hydrogen-bond acceptors (Lipinski definition) is 1. The largest absolute Gasteiger partial charge is 0.330 e. The molecule has 21 heavy (non-hydrogen) atoms. The van der Waals surface area contributed by atoms with Crippen molar-refractivity contribution in [3.8, 4) is 0 Å². The molecule has 118 valence electrons. The van der Waals surface area contributed by atoms with Crippen molar-refractivity contribution in [3.63, 3.8) is 0 Å². The lowest BCUT2D eigenvalue weighted by Crippen LogP contribution is -1.96. The number of unbranched alkanes of at least 4 members (excludes halogenated alkanes) is 2. The monoisotopic (exact) mass is 287 g/mol. The maximum absolute atomic E-state index is 5.45. The second-order valence-electron chi connectivity index (χ2n) is 4.99. The van der Waals surface area contributed by atoms with Gasteiger partial charge in [-0.15, -0.1) is 0 Å². The van der Waals surface area contributed by atoms with Crippen molar-refractivity contribution in [2.24, 2.45) is 5.73 Å². The van der Waals surface area contributed by atoms with Crippen molar-refractivity contribution >= 4 is 0 Å². The van der Waals surface area contributed by atoms with Crippen LogP contribution in [0, 0.1) is 0 Å². The predicted molar refractivity (Wildman–Crippen MR) is 97.4 cm³/mol. The zero-order chi connectivity index (χ0) is 15.4. The molecular formula is C20H33N. The molecular weight excluding hydrogens is 254 g/mol. The highest BCUT2D eigenvalue weighted by Crippen LogP contribution is 1.98. The molecule has 2 N–H and O–H groups in total. The van der Waals surface area contributed by atoms with Gasteiger partial charge in [-0.05, 0) is 57.9 Å². The van der Waals surface area contributed by atoms with Gasteiger partial charge in [-0.2, -0.15) is 0 Å². The van der Waals surface area contributed by atoms with Gasteiger partial charge in [0.15, 0.2) is 0 Å². The van der Waals surface area contributed by atoms with Crippen molar-refractivity contribution in [2.75, 3.05) is 6.54 Å². The van der Waals surface area contributed by atoms with E-state index in [4.69, 9.17) is 5.73 Å². The van der Waals surface area contributed by atoms with Crippen LogP contribution in [-0.2, 0) is 0 Å². The summed E-state index contributed by atoms with van der Waals surface area (Å²) in [5.41, 5.74) is 5.45. The summed E-state index contributed by atoms with van der Waals surface area (Å²) in [4.78, 5) is 0. The van der Waals surface area contributed by atoms with Gasteiger partial charge in [0.1, 0.15) is 0 Å². The predicted octanol–water partition coefficient (Wildman–Crippen LogP) is 5.87. The Kier molecular flexibility index (Phi) is 17.5. The van der Waals surface area contributed by atoms with Gasteiger partial charge in [0, 0.05) is 0 Å². The lowest BCUT2D eigenvalue weighted by Gasteiger charge is -1.90. The number of rotatable bonds is 13. The van der Waals surface area contributed by atoms with Gasteiger partial charge in [0.25, 0.3) is 0 Å². The van der Waals surface area contributed by atoms with E-state index in [0.717, 1.165) is 51.5 Å². The zero-order valence-corrected chi connectivity index (χ0v) is 13.7. The second-order valence-corrected chi connectivity index (χ2v) is 4.99. The standard InChI is InChI=1S/C20H33N/c1-2-3-4-5-6-7-8-9-10-11-12-13-14-15-16-17-18-19-20-21/h3-4,6-7,9-10,12-13,15-16H,2,5,8,11,14,17-21H2,1H3/b4-3?,7-6?,10-9?,13-12?,16-15-. The summed E-state index contributed by atoms with van der Waals surface area (Å²) in [5, 5.41) is 0. The Labute approximate surface area is 132 Å². The minimum atomic E-state index is 0.810. The Morgan fingerprint density at radius 3 is 1.43 bits per heavy atom. The minimum absolute atomic E-state index is 0.810. The highest BCUT2D eigenvalue weighted by molar-refractivity contribution is 5.00. The topological polar surface area (TPSA) is 26.0 Å². The smallest absolute Gasteiger partial charge is 0.00772 e. The van der Waals surface area contributed by atoms with E-state index >= 15 is 0 Å². The molecule has 0 spiro atoms. The molecule has 0 aromatic carbocycles. The third-order valence-electron chi connectivity index (χ3n) is 2.98. The van der Waals surface area contributed by atoms with E-state index in [1.165, 1.54) is 6.42 Å². The van der Waals surface area contributed by atoms with Crippen molar-refractivity contribution in [2.45, 2.75) is 58.3 Å². The van der Waals surface area contributed by atoms with Crippen molar-refractivity contribution < 1.29 is 0 Å². The molecule has 0 aliphatic rings. The molecule has 0 aromatic rings. The van der Waals surface area contributed by atoms with Crippen LogP contribution in [0.25, 0.3) is 0 Å². The Morgan fingerprint density at radius 1 is 0.571 bits per heavy atom. The molecule has 1 nitrogen and oxygen atoms in total. The fourth-order valence-electron chi connectivity index (χ4n) is 1.78. The van der Waals surface area contributed by atoms with Gasteiger partial charge in [-0.25, -0.2) is 0 Å². The van der Waals surface area contributed by atoms with Gasteiger partial charge < -0.3 is 5.73 Å². The minimum Gasteiger partial charge on any atom is -0.330 e. The fourth-order valence-corrected chi connectivity index (χ4v) is 1.78. The van der Waals surface area contributed by atoms with Gasteiger partial charge in [0.2, 0.25) is 0 Å². The van der Waals surface area contributed by atoms with Crippen LogP contribution in [0.2, 0.25) is 0 Å². The van der Waals surface area contributed by atoms with E-state index in [9.17, 15) is 0 Å². The summed E-state index contributed by atoms with van der Waals surface area (Å²) in [6, 6.07) is 0. The van der Waals surface area contributed by atoms with Crippen LogP contribution in [0.1, 0.15) is 58.3 Å². The highest BCUT2D eigenvalue weighted by Gasteiger charge is 1.80. The third kappa shape index (κ3) is 18.7. The molecule has 0 saturated carbocycles. The summed E-state index contributed by atoms with van der Waals surface area (Å²) in [5.74, 6) is 0. The van der Waals surface area contributed by atoms with Crippen LogP contribution in [0.3, 0.4) is 0 Å². The van der Waals surface area contributed by atoms with Crippen molar-refractivity contribution in [1.82, 2.24) is 0 Å². The van der Waals surface area contributed by atoms with E-state index in [-0.39, 0.29) is 0 Å². The summed E-state index contributed by atoms with van der Waals surface area (Å²) >= 11 is 0. The van der Waals surface area contributed by atoms with Gasteiger partial charge >= 0.3 is 0 Å². The van der Waals surface area contributed by atoms with E-state index in [1.54, 1.807) is 0 Å². The first-order valence-corrected chi connectivity index (χ1v) is 8.36. The molecule has 0 aliphatic heterocycles. The Balaban J connectivity index is 3.41. The van der Waals surface area contributed by atoms with Crippen LogP contribution < -0.4 is 5.73 Å². The maximum Gasteiger partial charge on any atom is -0.00772 e. The van der Waals surface area contributed by atoms with Gasteiger partial charge in [-0.1, -0.05) is 67.7 Å². The molecule has 0 aliphatic carbocycles. The Morgan fingerprint density at radius 2 is 1.00 bits per heavy atom. The molecule has 1 heteroatoms. The quantitative estimate of drug-likeness (QED) is 0.333. The number of hydrogen-bond donors (Lipinski definition) is 1. The average molecular weight is 287 g/mol. The normalized spacial score (nSPS) is 13.0. The molecule has 0 fully saturated rings. The number of allylic oxidation sites excluding steroid dienone is 10. The van der Waals surface area contributed by atoms with Crippen LogP contribution in [0.5, 0.6) is 0 Å². The van der Waals surface area contributed by atoms with Crippen molar-refractivity contribution in [3.05, 3.63) is 60.8 Å². The summed E-state index contributed by atoms with van der Waals surface area (Å²) in [6.45, 7) is 2.97. The average Bonchev–Trinajstić information content (AvgIpc) is 2.50. The Bertz CT molecular complexity index is 332. The molecule has 0 rings (SSSR count). The zero-order valence-electron chi connectivity index (χ0n) is 13.7. The first-order valence-electron chi connectivity index (χ1n) is 8.36. The molecule has 0 unspecified atom stereocenters. The maximum atomic E-state index is 5.45. The third-order valence-corrected chi connectivity index (χ3v) is 2.98. The molecule has 0 aromatic heterocycles. The summed E-state index contributed by atoms with van der Waals surface area (Å²) < 4.78 is 0. The van der Waals surface area contributed by atoms with Crippen LogP contribution in [0.4, 0.5) is 0 Å². The summed E-state index contributed by atoms with van der Waals surface area (Å²) in [6.07, 6.45) is 31.1. The first-order chi connectivity index (χ1) is 10.4. The lowest BCUT2D eigenvalue weighted by atomic mass is 10.2. The summed E-state index contributed by atoms with van der Waals surface area (Å²) in [7, 11) is 0. The molecule has 0 amide bonds. The lowest BCUT2D eigenvalue weighted by molar-refractivity contribution is 0.757. The van der Waals surface area contributed by atoms with E-state index < -0.39 is 0 Å². The number of nitrogens with two attached hydrogens (primary N) is 1. The highest BCUT2D eigenvalue weighted by atomic mass is 14.5. The molecule has 0 saturated heterocycles. The molecule has 0 radical (unpaired) electrons. The van der Waals surface area contributed by atoms with Crippen LogP contribution in [-0.4, -0.2) is 6.54 Å². The second kappa shape index (κ2) is 18.7. The fraction of sp³-hybridized carbons (Fsp3) is 0.500. The van der Waals surface area contributed by atoms with Crippen molar-refractivity contribution in [1.29, 1.82) is 0 Å². The van der Waals surface area contributed by atoms with E-state index in [0.29, 0.717) is 0 Å². The van der Waals surface area contributed by atoms with Gasteiger partial charge in [-0.3, -0.25) is 0 Å². The molecule has 0 bridgehead atoms. The molecule has 0 heterocycles. The Hall–Kier alpha value is -1.34. The van der Waals surface area contributed by atoms with Crippen LogP contribution >= 0.6 is 0 Å². The SMILES string of the molecule is CCC=CCC=CCC=CCC=CC/C=C\CCCCN. The first kappa shape index (κ1) is 19.7. The molecule has 0 atom stereocenters. The van der Waals surface area contributed by atoms with E-state index in [1.807, 2.05) is 0 Å². The van der Waals surface area contributed by atoms with Crippen LogP contribution in [0.15, 0.2) is 60.8 Å². The van der Waals surface area contributed by atoms with E-state index in [2.05, 4.69) is 67.7 Å².